The monoisotopic (exact) mass is 328 g/mol. The molecule has 0 fully saturated rings. The number of benzene rings is 1. The quantitative estimate of drug-likeness (QED) is 0.884. The lowest BCUT2D eigenvalue weighted by molar-refractivity contribution is 0.392. The summed E-state index contributed by atoms with van der Waals surface area (Å²) in [6.07, 6.45) is 0.557. The Hall–Kier alpha value is -1.37. The van der Waals surface area contributed by atoms with Gasteiger partial charge >= 0.3 is 0 Å². The third kappa shape index (κ3) is 4.56. The lowest BCUT2D eigenvalue weighted by atomic mass is 10.1. The average Bonchev–Trinajstić information content (AvgIpc) is 2.73. The maximum absolute atomic E-state index is 12.0. The van der Waals surface area contributed by atoms with Gasteiger partial charge in [0.1, 0.15) is 5.76 Å². The summed E-state index contributed by atoms with van der Waals surface area (Å²) in [6.45, 7) is 3.98. The number of nitrogens with zero attached hydrogens (tertiary/aromatic N) is 1. The standard InChI is InChI=1S/C14H17ClN2O3S/c1-10-14(11(2)20-17-10)7-8-16-21(18,19)9-12-3-5-13(15)6-4-12/h3-6,16H,7-9H2,1-2H3. The van der Waals surface area contributed by atoms with Crippen LogP contribution in [0.4, 0.5) is 0 Å². The van der Waals surface area contributed by atoms with E-state index in [1.165, 1.54) is 0 Å². The van der Waals surface area contributed by atoms with E-state index >= 15 is 0 Å². The Balaban J connectivity index is 1.91. The van der Waals surface area contributed by atoms with Crippen LogP contribution in [-0.2, 0) is 22.2 Å². The predicted octanol–water partition coefficient (Wildman–Crippen LogP) is 2.61. The molecule has 21 heavy (non-hydrogen) atoms. The first-order valence-corrected chi connectivity index (χ1v) is 8.54. The predicted molar refractivity (Wildman–Crippen MR) is 81.8 cm³/mol. The van der Waals surface area contributed by atoms with Crippen molar-refractivity contribution in [1.29, 1.82) is 0 Å². The van der Waals surface area contributed by atoms with Crippen molar-refractivity contribution in [2.75, 3.05) is 6.54 Å². The van der Waals surface area contributed by atoms with E-state index in [2.05, 4.69) is 9.88 Å². The fourth-order valence-corrected chi connectivity index (χ4v) is 3.31. The van der Waals surface area contributed by atoms with Crippen LogP contribution in [0.2, 0.25) is 5.02 Å². The Morgan fingerprint density at radius 2 is 1.90 bits per heavy atom. The molecule has 114 valence electrons. The summed E-state index contributed by atoms with van der Waals surface area (Å²) in [7, 11) is -3.37. The van der Waals surface area contributed by atoms with Gasteiger partial charge in [0.25, 0.3) is 0 Å². The molecule has 0 unspecified atom stereocenters. The van der Waals surface area contributed by atoms with Gasteiger partial charge in [-0.15, -0.1) is 0 Å². The van der Waals surface area contributed by atoms with E-state index in [0.717, 1.165) is 17.0 Å². The number of nitrogens with one attached hydrogen (secondary N) is 1. The average molecular weight is 329 g/mol. The molecule has 0 aliphatic carbocycles. The summed E-state index contributed by atoms with van der Waals surface area (Å²) in [5.41, 5.74) is 2.44. The molecule has 2 rings (SSSR count). The molecular weight excluding hydrogens is 312 g/mol. The van der Waals surface area contributed by atoms with Crippen molar-refractivity contribution in [2.24, 2.45) is 0 Å². The molecule has 0 radical (unpaired) electrons. The Bertz CT molecular complexity index is 689. The van der Waals surface area contributed by atoms with Gasteiger partial charge in [0.15, 0.2) is 0 Å². The highest BCUT2D eigenvalue weighted by molar-refractivity contribution is 7.88. The van der Waals surface area contributed by atoms with Crippen LogP contribution in [-0.4, -0.2) is 20.1 Å². The molecule has 0 atom stereocenters. The zero-order valence-electron chi connectivity index (χ0n) is 11.9. The second-order valence-corrected chi connectivity index (χ2v) is 7.08. The largest absolute Gasteiger partial charge is 0.361 e. The molecule has 1 aromatic heterocycles. The van der Waals surface area contributed by atoms with Crippen LogP contribution in [0.1, 0.15) is 22.6 Å². The third-order valence-electron chi connectivity index (χ3n) is 3.15. The molecule has 0 aliphatic heterocycles. The van der Waals surface area contributed by atoms with Crippen LogP contribution >= 0.6 is 11.6 Å². The molecule has 0 amide bonds. The minimum Gasteiger partial charge on any atom is -0.361 e. The fraction of sp³-hybridized carbons (Fsp3) is 0.357. The Kier molecular flexibility index (Phi) is 5.03. The highest BCUT2D eigenvalue weighted by Gasteiger charge is 2.13. The summed E-state index contributed by atoms with van der Waals surface area (Å²) >= 11 is 5.77. The molecule has 1 N–H and O–H groups in total. The number of sulfonamides is 1. The molecule has 7 heteroatoms. The van der Waals surface area contributed by atoms with Gasteiger partial charge in [-0.3, -0.25) is 0 Å². The van der Waals surface area contributed by atoms with Crippen LogP contribution in [0, 0.1) is 13.8 Å². The number of hydrogen-bond acceptors (Lipinski definition) is 4. The van der Waals surface area contributed by atoms with Gasteiger partial charge in [-0.05, 0) is 38.0 Å². The highest BCUT2D eigenvalue weighted by Crippen LogP contribution is 2.13. The molecule has 5 nitrogen and oxygen atoms in total. The number of aromatic nitrogens is 1. The maximum atomic E-state index is 12.0. The SMILES string of the molecule is Cc1noc(C)c1CCNS(=O)(=O)Cc1ccc(Cl)cc1. The molecule has 0 spiro atoms. The summed E-state index contributed by atoms with van der Waals surface area (Å²) in [6, 6.07) is 6.76. The van der Waals surface area contributed by atoms with E-state index in [9.17, 15) is 8.42 Å². The summed E-state index contributed by atoms with van der Waals surface area (Å²) < 4.78 is 31.6. The first-order chi connectivity index (χ1) is 9.87. The first kappa shape index (κ1) is 16.0. The molecule has 1 aromatic carbocycles. The Morgan fingerprint density at radius 3 is 2.48 bits per heavy atom. The van der Waals surface area contributed by atoms with Crippen molar-refractivity contribution < 1.29 is 12.9 Å². The number of halogens is 1. The van der Waals surface area contributed by atoms with E-state index < -0.39 is 10.0 Å². The number of hydrogen-bond donors (Lipinski definition) is 1. The maximum Gasteiger partial charge on any atom is 0.215 e. The van der Waals surface area contributed by atoms with E-state index in [1.807, 2.05) is 13.8 Å². The highest BCUT2D eigenvalue weighted by atomic mass is 35.5. The van der Waals surface area contributed by atoms with Crippen molar-refractivity contribution in [3.63, 3.8) is 0 Å². The molecule has 0 saturated heterocycles. The summed E-state index contributed by atoms with van der Waals surface area (Å²) in [5, 5.41) is 4.43. The second kappa shape index (κ2) is 6.60. The molecule has 0 bridgehead atoms. The van der Waals surface area contributed by atoms with Crippen LogP contribution in [0.15, 0.2) is 28.8 Å². The van der Waals surface area contributed by atoms with Crippen molar-refractivity contribution in [2.45, 2.75) is 26.0 Å². The van der Waals surface area contributed by atoms with E-state index in [1.54, 1.807) is 24.3 Å². The lowest BCUT2D eigenvalue weighted by Crippen LogP contribution is -2.27. The topological polar surface area (TPSA) is 72.2 Å². The first-order valence-electron chi connectivity index (χ1n) is 6.51. The van der Waals surface area contributed by atoms with Gasteiger partial charge in [0.2, 0.25) is 10.0 Å². The van der Waals surface area contributed by atoms with Crippen molar-refractivity contribution in [3.05, 3.63) is 51.9 Å². The van der Waals surface area contributed by atoms with Gasteiger partial charge in [-0.25, -0.2) is 13.1 Å². The molecular formula is C14H17ClN2O3S. The van der Waals surface area contributed by atoms with Gasteiger partial charge in [0, 0.05) is 17.1 Å². The van der Waals surface area contributed by atoms with E-state index in [4.69, 9.17) is 16.1 Å². The van der Waals surface area contributed by atoms with Crippen LogP contribution in [0.5, 0.6) is 0 Å². The van der Waals surface area contributed by atoms with Gasteiger partial charge in [-0.2, -0.15) is 0 Å². The van der Waals surface area contributed by atoms with Crippen molar-refractivity contribution in [3.8, 4) is 0 Å². The molecule has 1 heterocycles. The third-order valence-corrected chi connectivity index (χ3v) is 4.76. The van der Waals surface area contributed by atoms with Gasteiger partial charge in [0.05, 0.1) is 11.4 Å². The van der Waals surface area contributed by atoms with Crippen LogP contribution in [0.25, 0.3) is 0 Å². The van der Waals surface area contributed by atoms with Crippen molar-refractivity contribution >= 4 is 21.6 Å². The van der Waals surface area contributed by atoms with E-state index in [-0.39, 0.29) is 5.75 Å². The Labute approximate surface area is 129 Å². The number of rotatable bonds is 6. The minimum atomic E-state index is -3.37. The fourth-order valence-electron chi connectivity index (χ4n) is 2.04. The number of aryl methyl sites for hydroxylation is 2. The second-order valence-electron chi connectivity index (χ2n) is 4.83. The van der Waals surface area contributed by atoms with Gasteiger partial charge < -0.3 is 4.52 Å². The summed E-state index contributed by atoms with van der Waals surface area (Å²) in [4.78, 5) is 0. The molecule has 0 aliphatic rings. The zero-order valence-corrected chi connectivity index (χ0v) is 13.5. The normalized spacial score (nSPS) is 11.8. The van der Waals surface area contributed by atoms with E-state index in [0.29, 0.717) is 23.6 Å². The van der Waals surface area contributed by atoms with Gasteiger partial charge in [-0.1, -0.05) is 28.9 Å². The smallest absolute Gasteiger partial charge is 0.215 e. The lowest BCUT2D eigenvalue weighted by Gasteiger charge is -2.07. The van der Waals surface area contributed by atoms with Crippen LogP contribution in [0.3, 0.4) is 0 Å². The van der Waals surface area contributed by atoms with Crippen molar-refractivity contribution in [1.82, 2.24) is 9.88 Å². The Morgan fingerprint density at radius 1 is 1.24 bits per heavy atom. The molecule has 0 saturated carbocycles. The van der Waals surface area contributed by atoms with Crippen LogP contribution < -0.4 is 4.72 Å². The molecule has 2 aromatic rings. The summed E-state index contributed by atoms with van der Waals surface area (Å²) in [5.74, 6) is 0.663. The zero-order chi connectivity index (χ0) is 15.5. The minimum absolute atomic E-state index is 0.0637.